The predicted molar refractivity (Wildman–Crippen MR) is 55.2 cm³/mol. The lowest BCUT2D eigenvalue weighted by atomic mass is 10.0. The Morgan fingerprint density at radius 3 is 3.00 bits per heavy atom. The summed E-state index contributed by atoms with van der Waals surface area (Å²) in [6, 6.07) is 4.76. The van der Waals surface area contributed by atoms with E-state index >= 15 is 0 Å². The molecule has 82 valence electrons. The summed E-state index contributed by atoms with van der Waals surface area (Å²) in [5.41, 5.74) is 2.04. The first-order chi connectivity index (χ1) is 7.16. The Balaban J connectivity index is 1.94. The number of aryl methyl sites for hydroxylation is 2. The van der Waals surface area contributed by atoms with Gasteiger partial charge in [-0.15, -0.1) is 0 Å². The van der Waals surface area contributed by atoms with Crippen molar-refractivity contribution >= 4 is 0 Å². The predicted octanol–water partition coefficient (Wildman–Crippen LogP) is 1.83. The molecule has 0 aromatic heterocycles. The van der Waals surface area contributed by atoms with Gasteiger partial charge >= 0.3 is 0 Å². The molecule has 0 aliphatic carbocycles. The van der Waals surface area contributed by atoms with Crippen LogP contribution in [0.4, 0.5) is 4.39 Å². The lowest BCUT2D eigenvalue weighted by molar-refractivity contribution is 0.127. The van der Waals surface area contributed by atoms with Crippen molar-refractivity contribution in [3.05, 3.63) is 35.1 Å². The molecule has 2 nitrogen and oxygen atoms in total. The van der Waals surface area contributed by atoms with Gasteiger partial charge in [-0.2, -0.15) is 0 Å². The number of epoxide rings is 1. The SMILES string of the molecule is Cc1ccc(F)cc1CCC(O)C1CO1. The highest BCUT2D eigenvalue weighted by molar-refractivity contribution is 5.26. The number of ether oxygens (including phenoxy) is 1. The number of rotatable bonds is 4. The molecule has 1 heterocycles. The molecule has 2 atom stereocenters. The lowest BCUT2D eigenvalue weighted by Gasteiger charge is -2.09. The molecule has 1 aliphatic rings. The molecule has 1 fully saturated rings. The maximum absolute atomic E-state index is 13.0. The van der Waals surface area contributed by atoms with E-state index in [4.69, 9.17) is 4.74 Å². The highest BCUT2D eigenvalue weighted by Crippen LogP contribution is 2.19. The van der Waals surface area contributed by atoms with E-state index in [2.05, 4.69) is 0 Å². The molecular formula is C12H15FO2. The molecule has 1 aromatic rings. The van der Waals surface area contributed by atoms with E-state index in [1.165, 1.54) is 12.1 Å². The van der Waals surface area contributed by atoms with Crippen molar-refractivity contribution in [2.45, 2.75) is 32.0 Å². The third kappa shape index (κ3) is 2.76. The van der Waals surface area contributed by atoms with Crippen molar-refractivity contribution in [3.63, 3.8) is 0 Å². The van der Waals surface area contributed by atoms with Crippen molar-refractivity contribution in [1.82, 2.24) is 0 Å². The summed E-state index contributed by atoms with van der Waals surface area (Å²) in [4.78, 5) is 0. The fourth-order valence-corrected chi connectivity index (χ4v) is 1.68. The van der Waals surface area contributed by atoms with Gasteiger partial charge in [0.1, 0.15) is 11.9 Å². The molecule has 0 saturated carbocycles. The van der Waals surface area contributed by atoms with Crippen molar-refractivity contribution < 1.29 is 14.2 Å². The molecule has 0 amide bonds. The zero-order valence-electron chi connectivity index (χ0n) is 8.74. The topological polar surface area (TPSA) is 32.8 Å². The molecule has 0 bridgehead atoms. The van der Waals surface area contributed by atoms with Gasteiger partial charge in [-0.05, 0) is 43.0 Å². The lowest BCUT2D eigenvalue weighted by Crippen LogP contribution is -2.15. The Kier molecular flexibility index (Phi) is 3.03. The summed E-state index contributed by atoms with van der Waals surface area (Å²) in [5.74, 6) is -0.215. The maximum Gasteiger partial charge on any atom is 0.123 e. The third-order valence-electron chi connectivity index (χ3n) is 2.81. The van der Waals surface area contributed by atoms with Crippen molar-refractivity contribution in [2.24, 2.45) is 0 Å². The second-order valence-corrected chi connectivity index (χ2v) is 4.05. The number of aliphatic hydroxyl groups is 1. The summed E-state index contributed by atoms with van der Waals surface area (Å²) in [6.07, 6.45) is 0.936. The number of hydrogen-bond donors (Lipinski definition) is 1. The Labute approximate surface area is 88.7 Å². The van der Waals surface area contributed by atoms with Crippen LogP contribution in [0.15, 0.2) is 18.2 Å². The van der Waals surface area contributed by atoms with Gasteiger partial charge in [0.2, 0.25) is 0 Å². The van der Waals surface area contributed by atoms with Crippen LogP contribution < -0.4 is 0 Å². The van der Waals surface area contributed by atoms with Crippen LogP contribution in [0.1, 0.15) is 17.5 Å². The minimum absolute atomic E-state index is 0.0128. The van der Waals surface area contributed by atoms with Crippen molar-refractivity contribution in [2.75, 3.05) is 6.61 Å². The van der Waals surface area contributed by atoms with Crippen molar-refractivity contribution in [1.29, 1.82) is 0 Å². The van der Waals surface area contributed by atoms with E-state index in [1.807, 2.05) is 6.92 Å². The minimum atomic E-state index is -0.410. The van der Waals surface area contributed by atoms with Gasteiger partial charge in [-0.25, -0.2) is 4.39 Å². The molecule has 1 aliphatic heterocycles. The molecule has 1 saturated heterocycles. The standard InChI is InChI=1S/C12H15FO2/c1-8-2-4-10(13)6-9(8)3-5-11(14)12-7-15-12/h2,4,6,11-12,14H,3,5,7H2,1H3. The first-order valence-corrected chi connectivity index (χ1v) is 5.21. The molecule has 0 radical (unpaired) electrons. The van der Waals surface area contributed by atoms with Gasteiger partial charge in [-0.1, -0.05) is 6.07 Å². The fourth-order valence-electron chi connectivity index (χ4n) is 1.68. The van der Waals surface area contributed by atoms with Gasteiger partial charge in [0.15, 0.2) is 0 Å². The zero-order chi connectivity index (χ0) is 10.8. The molecule has 1 N–H and O–H groups in total. The first kappa shape index (κ1) is 10.6. The largest absolute Gasteiger partial charge is 0.390 e. The van der Waals surface area contributed by atoms with Gasteiger partial charge in [-0.3, -0.25) is 0 Å². The molecule has 0 spiro atoms. The third-order valence-corrected chi connectivity index (χ3v) is 2.81. The molecule has 15 heavy (non-hydrogen) atoms. The molecule has 2 unspecified atom stereocenters. The van der Waals surface area contributed by atoms with E-state index in [1.54, 1.807) is 6.07 Å². The normalized spacial score (nSPS) is 21.4. The van der Waals surface area contributed by atoms with E-state index < -0.39 is 6.10 Å². The summed E-state index contributed by atoms with van der Waals surface area (Å²) < 4.78 is 17.9. The number of hydrogen-bond acceptors (Lipinski definition) is 2. The van der Waals surface area contributed by atoms with Crippen LogP contribution >= 0.6 is 0 Å². The van der Waals surface area contributed by atoms with Gasteiger partial charge in [0, 0.05) is 0 Å². The van der Waals surface area contributed by atoms with Crippen LogP contribution in [0.2, 0.25) is 0 Å². The Morgan fingerprint density at radius 2 is 2.33 bits per heavy atom. The number of aliphatic hydroxyl groups excluding tert-OH is 1. The monoisotopic (exact) mass is 210 g/mol. The van der Waals surface area contributed by atoms with Crippen LogP contribution in [0.25, 0.3) is 0 Å². The van der Waals surface area contributed by atoms with Gasteiger partial charge in [0.05, 0.1) is 12.7 Å². The highest BCUT2D eigenvalue weighted by Gasteiger charge is 2.30. The average Bonchev–Trinajstić information content (AvgIpc) is 3.02. The van der Waals surface area contributed by atoms with Crippen LogP contribution in [-0.2, 0) is 11.2 Å². The minimum Gasteiger partial charge on any atom is -0.390 e. The van der Waals surface area contributed by atoms with Gasteiger partial charge < -0.3 is 9.84 Å². The van der Waals surface area contributed by atoms with Crippen LogP contribution in [0.5, 0.6) is 0 Å². The second kappa shape index (κ2) is 4.29. The Bertz CT molecular complexity index is 347. The molecule has 1 aromatic carbocycles. The highest BCUT2D eigenvalue weighted by atomic mass is 19.1. The molecular weight excluding hydrogens is 195 g/mol. The molecule has 3 heteroatoms. The quantitative estimate of drug-likeness (QED) is 0.769. The van der Waals surface area contributed by atoms with E-state index in [0.717, 1.165) is 11.1 Å². The maximum atomic E-state index is 13.0. The number of halogens is 1. The van der Waals surface area contributed by atoms with E-state index in [-0.39, 0.29) is 11.9 Å². The second-order valence-electron chi connectivity index (χ2n) is 4.05. The van der Waals surface area contributed by atoms with E-state index in [9.17, 15) is 9.50 Å². The summed E-state index contributed by atoms with van der Waals surface area (Å²) in [6.45, 7) is 2.61. The fraction of sp³-hybridized carbons (Fsp3) is 0.500. The number of benzene rings is 1. The zero-order valence-corrected chi connectivity index (χ0v) is 8.74. The first-order valence-electron chi connectivity index (χ1n) is 5.21. The molecule has 2 rings (SSSR count). The summed E-state index contributed by atoms with van der Waals surface area (Å²) in [5, 5.41) is 9.59. The smallest absolute Gasteiger partial charge is 0.123 e. The van der Waals surface area contributed by atoms with Crippen LogP contribution in [-0.4, -0.2) is 23.9 Å². The van der Waals surface area contributed by atoms with Crippen LogP contribution in [0, 0.1) is 12.7 Å². The van der Waals surface area contributed by atoms with Crippen LogP contribution in [0.3, 0.4) is 0 Å². The Hall–Kier alpha value is -0.930. The summed E-state index contributed by atoms with van der Waals surface area (Å²) in [7, 11) is 0. The van der Waals surface area contributed by atoms with Gasteiger partial charge in [0.25, 0.3) is 0 Å². The van der Waals surface area contributed by atoms with E-state index in [0.29, 0.717) is 19.4 Å². The summed E-state index contributed by atoms with van der Waals surface area (Å²) >= 11 is 0. The Morgan fingerprint density at radius 1 is 1.60 bits per heavy atom. The van der Waals surface area contributed by atoms with Crippen molar-refractivity contribution in [3.8, 4) is 0 Å². The average molecular weight is 210 g/mol.